The molecule has 3 aromatic rings. The minimum Gasteiger partial charge on any atom is -0.497 e. The average molecular weight is 345 g/mol. The number of aryl methyl sites for hydroxylation is 1. The lowest BCUT2D eigenvalue weighted by molar-refractivity contribution is 0.0993. The quantitative estimate of drug-likeness (QED) is 0.771. The predicted octanol–water partition coefficient (Wildman–Crippen LogP) is 4.17. The van der Waals surface area contributed by atoms with Gasteiger partial charge >= 0.3 is 0 Å². The Kier molecular flexibility index (Phi) is 4.05. The van der Waals surface area contributed by atoms with Gasteiger partial charge in [-0.25, -0.2) is 0 Å². The number of nitrogens with one attached hydrogen (secondary N) is 1. The molecule has 0 saturated heterocycles. The van der Waals surface area contributed by atoms with Crippen molar-refractivity contribution < 1.29 is 9.53 Å². The minimum atomic E-state index is -0.366. The highest BCUT2D eigenvalue weighted by Crippen LogP contribution is 2.37. The van der Waals surface area contributed by atoms with Crippen LogP contribution in [0.1, 0.15) is 27.8 Å². The van der Waals surface area contributed by atoms with Crippen molar-refractivity contribution in [3.63, 3.8) is 0 Å². The van der Waals surface area contributed by atoms with Gasteiger partial charge in [0, 0.05) is 17.6 Å². The molecule has 130 valence electrons. The van der Waals surface area contributed by atoms with Crippen molar-refractivity contribution in [1.29, 1.82) is 0 Å². The van der Waals surface area contributed by atoms with E-state index in [0.717, 1.165) is 28.4 Å². The summed E-state index contributed by atoms with van der Waals surface area (Å²) in [5.41, 5.74) is 4.23. The first-order chi connectivity index (χ1) is 12.7. The Morgan fingerprint density at radius 1 is 1.04 bits per heavy atom. The summed E-state index contributed by atoms with van der Waals surface area (Å²) in [6.45, 7) is 2.03. The SMILES string of the molecule is COc1ccc(N[C@@H]2c3ncccc3C(=O)N2c2ccc(C)cc2)cc1. The van der Waals surface area contributed by atoms with E-state index in [-0.39, 0.29) is 12.1 Å². The summed E-state index contributed by atoms with van der Waals surface area (Å²) in [7, 11) is 1.64. The molecule has 1 aliphatic heterocycles. The van der Waals surface area contributed by atoms with Crippen molar-refractivity contribution in [2.75, 3.05) is 17.3 Å². The average Bonchev–Trinajstić information content (AvgIpc) is 2.95. The maximum atomic E-state index is 13.0. The van der Waals surface area contributed by atoms with Crippen molar-refractivity contribution >= 4 is 17.3 Å². The van der Waals surface area contributed by atoms with Crippen LogP contribution in [0.3, 0.4) is 0 Å². The van der Waals surface area contributed by atoms with Crippen molar-refractivity contribution in [2.24, 2.45) is 0 Å². The molecule has 1 amide bonds. The number of carbonyl (C=O) groups is 1. The zero-order valence-electron chi connectivity index (χ0n) is 14.6. The Bertz CT molecular complexity index is 936. The van der Waals surface area contributed by atoms with Gasteiger partial charge in [-0.1, -0.05) is 17.7 Å². The maximum absolute atomic E-state index is 13.0. The van der Waals surface area contributed by atoms with Crippen LogP contribution in [0.5, 0.6) is 5.75 Å². The van der Waals surface area contributed by atoms with Gasteiger partial charge in [0.05, 0.1) is 18.4 Å². The second-order valence-electron chi connectivity index (χ2n) is 6.22. The van der Waals surface area contributed by atoms with E-state index < -0.39 is 0 Å². The fourth-order valence-corrected chi connectivity index (χ4v) is 3.14. The molecular formula is C21H19N3O2. The number of anilines is 2. The van der Waals surface area contributed by atoms with Gasteiger partial charge in [-0.15, -0.1) is 0 Å². The summed E-state index contributed by atoms with van der Waals surface area (Å²) < 4.78 is 5.21. The highest BCUT2D eigenvalue weighted by molar-refractivity contribution is 6.11. The lowest BCUT2D eigenvalue weighted by Gasteiger charge is -2.26. The molecule has 1 aliphatic rings. The van der Waals surface area contributed by atoms with Gasteiger partial charge in [0.2, 0.25) is 0 Å². The van der Waals surface area contributed by atoms with Crippen molar-refractivity contribution in [1.82, 2.24) is 4.98 Å². The van der Waals surface area contributed by atoms with Crippen LogP contribution in [0, 0.1) is 6.92 Å². The van der Waals surface area contributed by atoms with Gasteiger partial charge in [0.1, 0.15) is 5.75 Å². The molecule has 26 heavy (non-hydrogen) atoms. The first kappa shape index (κ1) is 16.1. The summed E-state index contributed by atoms with van der Waals surface area (Å²) >= 11 is 0. The van der Waals surface area contributed by atoms with Crippen LogP contribution >= 0.6 is 0 Å². The van der Waals surface area contributed by atoms with E-state index in [4.69, 9.17) is 4.74 Å². The standard InChI is InChI=1S/C21H19N3O2/c1-14-5-9-16(10-6-14)24-20(19-18(21(24)25)4-3-13-22-19)23-15-7-11-17(26-2)12-8-15/h3-13,20,23H,1-2H3/t20-/m0/s1. The molecular weight excluding hydrogens is 326 g/mol. The van der Waals surface area contributed by atoms with E-state index in [2.05, 4.69) is 10.3 Å². The van der Waals surface area contributed by atoms with Crippen LogP contribution in [-0.2, 0) is 0 Å². The molecule has 4 rings (SSSR count). The van der Waals surface area contributed by atoms with Gasteiger partial charge in [0.15, 0.2) is 6.17 Å². The Morgan fingerprint density at radius 3 is 2.46 bits per heavy atom. The largest absolute Gasteiger partial charge is 0.497 e. The summed E-state index contributed by atoms with van der Waals surface area (Å²) in [6, 6.07) is 19.2. The summed E-state index contributed by atoms with van der Waals surface area (Å²) in [4.78, 5) is 19.2. The van der Waals surface area contributed by atoms with Crippen LogP contribution in [0.2, 0.25) is 0 Å². The molecule has 5 heteroatoms. The maximum Gasteiger partial charge on any atom is 0.262 e. The number of aromatic nitrogens is 1. The summed E-state index contributed by atoms with van der Waals surface area (Å²) in [5, 5.41) is 3.43. The Balaban J connectivity index is 1.74. The lowest BCUT2D eigenvalue weighted by atomic mass is 10.2. The van der Waals surface area contributed by atoms with Gasteiger partial charge in [-0.05, 0) is 55.5 Å². The number of rotatable bonds is 4. The van der Waals surface area contributed by atoms with Gasteiger partial charge in [-0.2, -0.15) is 0 Å². The first-order valence-electron chi connectivity index (χ1n) is 8.43. The fourth-order valence-electron chi connectivity index (χ4n) is 3.14. The zero-order valence-corrected chi connectivity index (χ0v) is 14.6. The number of benzene rings is 2. The van der Waals surface area contributed by atoms with E-state index in [1.807, 2.05) is 61.5 Å². The number of pyridine rings is 1. The molecule has 0 unspecified atom stereocenters. The molecule has 2 aromatic carbocycles. The molecule has 1 N–H and O–H groups in total. The van der Waals surface area contributed by atoms with Gasteiger partial charge < -0.3 is 10.1 Å². The molecule has 5 nitrogen and oxygen atoms in total. The molecule has 2 heterocycles. The summed E-state index contributed by atoms with van der Waals surface area (Å²) in [5.74, 6) is 0.731. The third kappa shape index (κ3) is 2.77. The number of methoxy groups -OCH3 is 1. The third-order valence-electron chi connectivity index (χ3n) is 4.51. The highest BCUT2D eigenvalue weighted by atomic mass is 16.5. The van der Waals surface area contributed by atoms with Crippen LogP contribution in [0.15, 0.2) is 66.9 Å². The van der Waals surface area contributed by atoms with E-state index in [1.165, 1.54) is 0 Å². The van der Waals surface area contributed by atoms with E-state index in [1.54, 1.807) is 24.3 Å². The van der Waals surface area contributed by atoms with Crippen LogP contribution in [-0.4, -0.2) is 18.0 Å². The van der Waals surface area contributed by atoms with E-state index in [9.17, 15) is 4.79 Å². The molecule has 0 fully saturated rings. The number of nitrogens with zero attached hydrogens (tertiary/aromatic N) is 2. The normalized spacial score (nSPS) is 15.7. The second kappa shape index (κ2) is 6.52. The highest BCUT2D eigenvalue weighted by Gasteiger charge is 2.38. The molecule has 0 aliphatic carbocycles. The Hall–Kier alpha value is -3.34. The van der Waals surface area contributed by atoms with E-state index >= 15 is 0 Å². The number of amides is 1. The zero-order chi connectivity index (χ0) is 18.1. The number of fused-ring (bicyclic) bond motifs is 1. The van der Waals surface area contributed by atoms with E-state index in [0.29, 0.717) is 5.56 Å². The van der Waals surface area contributed by atoms with Crippen LogP contribution in [0.4, 0.5) is 11.4 Å². The number of ether oxygens (including phenoxy) is 1. The predicted molar refractivity (Wildman–Crippen MR) is 102 cm³/mol. The molecule has 0 bridgehead atoms. The number of hydrogen-bond acceptors (Lipinski definition) is 4. The molecule has 1 aromatic heterocycles. The van der Waals surface area contributed by atoms with Gasteiger partial charge in [-0.3, -0.25) is 14.7 Å². The Labute approximate surface area is 152 Å². The first-order valence-corrected chi connectivity index (χ1v) is 8.43. The fraction of sp³-hybridized carbons (Fsp3) is 0.143. The summed E-state index contributed by atoms with van der Waals surface area (Å²) in [6.07, 6.45) is 1.35. The molecule has 0 saturated carbocycles. The molecule has 0 spiro atoms. The minimum absolute atomic E-state index is 0.0528. The van der Waals surface area contributed by atoms with Gasteiger partial charge in [0.25, 0.3) is 5.91 Å². The van der Waals surface area contributed by atoms with Crippen LogP contribution < -0.4 is 15.0 Å². The second-order valence-corrected chi connectivity index (χ2v) is 6.22. The monoisotopic (exact) mass is 345 g/mol. The third-order valence-corrected chi connectivity index (χ3v) is 4.51. The molecule has 1 atom stereocenters. The number of carbonyl (C=O) groups excluding carboxylic acids is 1. The van der Waals surface area contributed by atoms with Crippen LogP contribution in [0.25, 0.3) is 0 Å². The Morgan fingerprint density at radius 2 is 1.77 bits per heavy atom. The smallest absolute Gasteiger partial charge is 0.262 e. The van der Waals surface area contributed by atoms with Crippen molar-refractivity contribution in [3.8, 4) is 5.75 Å². The topological polar surface area (TPSA) is 54.5 Å². The van der Waals surface area contributed by atoms with Crippen molar-refractivity contribution in [2.45, 2.75) is 13.1 Å². The number of hydrogen-bond donors (Lipinski definition) is 1. The van der Waals surface area contributed by atoms with Crippen molar-refractivity contribution in [3.05, 3.63) is 83.7 Å². The molecule has 0 radical (unpaired) electrons. The lowest BCUT2D eigenvalue weighted by Crippen LogP contribution is -2.32.